The minimum Gasteiger partial charge on any atom is -0.341 e. The van der Waals surface area contributed by atoms with Crippen LogP contribution in [-0.2, 0) is 4.79 Å². The standard InChI is InChI=1S/C17H24N2O2/c1-13(2)16(20)18-8-5-9-19(11-10-18)17(21)15-7-4-6-14(3)12-15/h4,6-7,12-13H,5,8-11H2,1-3H3. The van der Waals surface area contributed by atoms with Crippen LogP contribution < -0.4 is 0 Å². The van der Waals surface area contributed by atoms with Crippen molar-refractivity contribution in [2.45, 2.75) is 27.2 Å². The van der Waals surface area contributed by atoms with E-state index in [1.54, 1.807) is 0 Å². The maximum absolute atomic E-state index is 12.5. The van der Waals surface area contributed by atoms with Crippen LogP contribution >= 0.6 is 0 Å². The average Bonchev–Trinajstić information content (AvgIpc) is 2.71. The molecule has 0 atom stereocenters. The molecule has 1 aliphatic rings. The Morgan fingerprint density at radius 3 is 2.38 bits per heavy atom. The van der Waals surface area contributed by atoms with E-state index in [1.807, 2.05) is 54.8 Å². The zero-order valence-electron chi connectivity index (χ0n) is 13.1. The molecule has 114 valence electrons. The summed E-state index contributed by atoms with van der Waals surface area (Å²) in [4.78, 5) is 28.3. The molecule has 0 N–H and O–H groups in total. The first kappa shape index (κ1) is 15.5. The molecule has 2 rings (SSSR count). The van der Waals surface area contributed by atoms with Crippen LogP contribution in [0.3, 0.4) is 0 Å². The highest BCUT2D eigenvalue weighted by atomic mass is 16.2. The van der Waals surface area contributed by atoms with Gasteiger partial charge in [0.05, 0.1) is 0 Å². The van der Waals surface area contributed by atoms with Crippen molar-refractivity contribution in [3.63, 3.8) is 0 Å². The van der Waals surface area contributed by atoms with Crippen LogP contribution in [0, 0.1) is 12.8 Å². The number of rotatable bonds is 2. The molecule has 0 saturated carbocycles. The van der Waals surface area contributed by atoms with E-state index >= 15 is 0 Å². The van der Waals surface area contributed by atoms with E-state index in [0.29, 0.717) is 19.6 Å². The predicted molar refractivity (Wildman–Crippen MR) is 83.1 cm³/mol. The minimum atomic E-state index is 0.0176. The lowest BCUT2D eigenvalue weighted by Gasteiger charge is -2.23. The number of benzene rings is 1. The Balaban J connectivity index is 2.03. The van der Waals surface area contributed by atoms with Crippen LogP contribution in [0.15, 0.2) is 24.3 Å². The molecule has 1 heterocycles. The Labute approximate surface area is 126 Å². The molecule has 0 aromatic heterocycles. The molecule has 1 aromatic rings. The number of carbonyl (C=O) groups excluding carboxylic acids is 2. The van der Waals surface area contributed by atoms with Crippen LogP contribution in [0.5, 0.6) is 0 Å². The summed E-state index contributed by atoms with van der Waals surface area (Å²) in [7, 11) is 0. The third-order valence-corrected chi connectivity index (χ3v) is 3.85. The number of hydrogen-bond acceptors (Lipinski definition) is 2. The molecule has 2 amide bonds. The Bertz CT molecular complexity index is 525. The molecule has 21 heavy (non-hydrogen) atoms. The largest absolute Gasteiger partial charge is 0.341 e. The summed E-state index contributed by atoms with van der Waals surface area (Å²) in [6.45, 7) is 8.54. The number of hydrogen-bond donors (Lipinski definition) is 0. The highest BCUT2D eigenvalue weighted by molar-refractivity contribution is 5.94. The molecular formula is C17H24N2O2. The maximum atomic E-state index is 12.5. The third-order valence-electron chi connectivity index (χ3n) is 3.85. The van der Waals surface area contributed by atoms with E-state index < -0.39 is 0 Å². The second-order valence-electron chi connectivity index (χ2n) is 6.00. The van der Waals surface area contributed by atoms with Gasteiger partial charge in [-0.3, -0.25) is 9.59 Å². The van der Waals surface area contributed by atoms with Crippen molar-refractivity contribution in [1.29, 1.82) is 0 Å². The van der Waals surface area contributed by atoms with Gasteiger partial charge in [0, 0.05) is 37.7 Å². The fraction of sp³-hybridized carbons (Fsp3) is 0.529. The van der Waals surface area contributed by atoms with Crippen molar-refractivity contribution in [2.75, 3.05) is 26.2 Å². The topological polar surface area (TPSA) is 40.6 Å². The van der Waals surface area contributed by atoms with Crippen LogP contribution in [0.2, 0.25) is 0 Å². The summed E-state index contributed by atoms with van der Waals surface area (Å²) >= 11 is 0. The lowest BCUT2D eigenvalue weighted by atomic mass is 10.1. The summed E-state index contributed by atoms with van der Waals surface area (Å²) in [5, 5.41) is 0. The highest BCUT2D eigenvalue weighted by Gasteiger charge is 2.23. The molecule has 0 aliphatic carbocycles. The second-order valence-corrected chi connectivity index (χ2v) is 6.00. The van der Waals surface area contributed by atoms with Crippen molar-refractivity contribution in [1.82, 2.24) is 9.80 Å². The van der Waals surface area contributed by atoms with Gasteiger partial charge in [-0.15, -0.1) is 0 Å². The first-order chi connectivity index (χ1) is 9.99. The van der Waals surface area contributed by atoms with Crippen LogP contribution in [0.4, 0.5) is 0 Å². The van der Waals surface area contributed by atoms with Crippen molar-refractivity contribution in [3.8, 4) is 0 Å². The van der Waals surface area contributed by atoms with E-state index in [0.717, 1.165) is 24.1 Å². The zero-order chi connectivity index (χ0) is 15.4. The summed E-state index contributed by atoms with van der Waals surface area (Å²) in [5.74, 6) is 0.265. The molecule has 0 bridgehead atoms. The lowest BCUT2D eigenvalue weighted by Crippen LogP contribution is -2.38. The Kier molecular flexibility index (Phi) is 4.99. The third kappa shape index (κ3) is 3.84. The van der Waals surface area contributed by atoms with E-state index in [-0.39, 0.29) is 17.7 Å². The monoisotopic (exact) mass is 288 g/mol. The first-order valence-corrected chi connectivity index (χ1v) is 7.64. The smallest absolute Gasteiger partial charge is 0.253 e. The van der Waals surface area contributed by atoms with E-state index in [2.05, 4.69) is 0 Å². The predicted octanol–water partition coefficient (Wildman–Crippen LogP) is 2.33. The summed E-state index contributed by atoms with van der Waals surface area (Å²) < 4.78 is 0. The molecule has 1 aromatic carbocycles. The Morgan fingerprint density at radius 1 is 1.05 bits per heavy atom. The molecular weight excluding hydrogens is 264 g/mol. The highest BCUT2D eigenvalue weighted by Crippen LogP contribution is 2.12. The van der Waals surface area contributed by atoms with Gasteiger partial charge in [-0.25, -0.2) is 0 Å². The molecule has 0 radical (unpaired) electrons. The minimum absolute atomic E-state index is 0.0176. The van der Waals surface area contributed by atoms with Gasteiger partial charge in [0.1, 0.15) is 0 Å². The number of aryl methyl sites for hydroxylation is 1. The number of nitrogens with zero attached hydrogens (tertiary/aromatic N) is 2. The molecule has 1 saturated heterocycles. The van der Waals surface area contributed by atoms with Gasteiger partial charge in [-0.05, 0) is 25.5 Å². The Hall–Kier alpha value is -1.84. The second kappa shape index (κ2) is 6.74. The fourth-order valence-electron chi connectivity index (χ4n) is 2.67. The summed E-state index contributed by atoms with van der Waals surface area (Å²) in [5.41, 5.74) is 1.82. The van der Waals surface area contributed by atoms with E-state index in [1.165, 1.54) is 0 Å². The van der Waals surface area contributed by atoms with Gasteiger partial charge in [0.15, 0.2) is 0 Å². The van der Waals surface area contributed by atoms with Crippen LogP contribution in [-0.4, -0.2) is 47.8 Å². The molecule has 1 fully saturated rings. The van der Waals surface area contributed by atoms with Gasteiger partial charge in [-0.1, -0.05) is 31.5 Å². The summed E-state index contributed by atoms with van der Waals surface area (Å²) in [6.07, 6.45) is 0.843. The molecule has 4 heteroatoms. The van der Waals surface area contributed by atoms with Gasteiger partial charge in [-0.2, -0.15) is 0 Å². The van der Waals surface area contributed by atoms with Gasteiger partial charge < -0.3 is 9.80 Å². The van der Waals surface area contributed by atoms with Crippen molar-refractivity contribution in [2.24, 2.45) is 5.92 Å². The van der Waals surface area contributed by atoms with Crippen LogP contribution in [0.25, 0.3) is 0 Å². The Morgan fingerprint density at radius 2 is 1.71 bits per heavy atom. The first-order valence-electron chi connectivity index (χ1n) is 7.64. The van der Waals surface area contributed by atoms with E-state index in [9.17, 15) is 9.59 Å². The fourth-order valence-corrected chi connectivity index (χ4v) is 2.67. The maximum Gasteiger partial charge on any atom is 0.253 e. The molecule has 0 unspecified atom stereocenters. The normalized spacial score (nSPS) is 16.0. The van der Waals surface area contributed by atoms with Crippen molar-refractivity contribution < 1.29 is 9.59 Å². The summed E-state index contributed by atoms with van der Waals surface area (Å²) in [6, 6.07) is 7.68. The SMILES string of the molecule is Cc1cccc(C(=O)N2CCCN(C(=O)C(C)C)CC2)c1. The van der Waals surface area contributed by atoms with E-state index in [4.69, 9.17) is 0 Å². The molecule has 1 aliphatic heterocycles. The quantitative estimate of drug-likeness (QED) is 0.838. The number of carbonyl (C=O) groups is 2. The molecule has 0 spiro atoms. The zero-order valence-corrected chi connectivity index (χ0v) is 13.1. The molecule has 4 nitrogen and oxygen atoms in total. The van der Waals surface area contributed by atoms with Crippen molar-refractivity contribution in [3.05, 3.63) is 35.4 Å². The van der Waals surface area contributed by atoms with Gasteiger partial charge in [0.25, 0.3) is 5.91 Å². The van der Waals surface area contributed by atoms with Crippen LogP contribution in [0.1, 0.15) is 36.2 Å². The average molecular weight is 288 g/mol. The van der Waals surface area contributed by atoms with Crippen molar-refractivity contribution >= 4 is 11.8 Å². The number of amides is 2. The van der Waals surface area contributed by atoms with Gasteiger partial charge >= 0.3 is 0 Å². The van der Waals surface area contributed by atoms with Gasteiger partial charge in [0.2, 0.25) is 5.91 Å². The lowest BCUT2D eigenvalue weighted by molar-refractivity contribution is -0.134.